The second kappa shape index (κ2) is 8.41. The average molecular weight is 375 g/mol. The minimum Gasteiger partial charge on any atom is -0.339 e. The van der Waals surface area contributed by atoms with E-state index in [4.69, 9.17) is 0 Å². The van der Waals surface area contributed by atoms with Gasteiger partial charge in [-0.05, 0) is 42.9 Å². The van der Waals surface area contributed by atoms with Crippen LogP contribution in [0.25, 0.3) is 0 Å². The minimum atomic E-state index is -0.591. The van der Waals surface area contributed by atoms with Crippen molar-refractivity contribution in [3.63, 3.8) is 0 Å². The number of hydrogen-bond donors (Lipinski definition) is 0. The van der Waals surface area contributed by atoms with E-state index in [1.54, 1.807) is 6.07 Å². The molecule has 0 atom stereocenters. The van der Waals surface area contributed by atoms with Gasteiger partial charge in [-0.3, -0.25) is 9.59 Å². The van der Waals surface area contributed by atoms with Gasteiger partial charge < -0.3 is 9.80 Å². The normalized spacial score (nSPS) is 19.6. The van der Waals surface area contributed by atoms with E-state index in [1.807, 2.05) is 15.9 Å². The first-order valence-corrected chi connectivity index (χ1v) is 10.3. The topological polar surface area (TPSA) is 40.6 Å². The summed E-state index contributed by atoms with van der Waals surface area (Å²) in [5, 5.41) is 0. The lowest BCUT2D eigenvalue weighted by Gasteiger charge is -2.40. The molecule has 1 aliphatic carbocycles. The van der Waals surface area contributed by atoms with Gasteiger partial charge >= 0.3 is 0 Å². The van der Waals surface area contributed by atoms with Gasteiger partial charge in [-0.1, -0.05) is 38.8 Å². The quantitative estimate of drug-likeness (QED) is 0.788. The van der Waals surface area contributed by atoms with Crippen LogP contribution in [0.4, 0.5) is 4.39 Å². The van der Waals surface area contributed by atoms with E-state index in [2.05, 4.69) is 13.8 Å². The molecule has 4 nitrogen and oxygen atoms in total. The third-order valence-electron chi connectivity index (χ3n) is 6.10. The van der Waals surface area contributed by atoms with Gasteiger partial charge in [0.25, 0.3) is 0 Å². The highest BCUT2D eigenvalue weighted by Crippen LogP contribution is 2.43. The summed E-state index contributed by atoms with van der Waals surface area (Å²) in [5.74, 6) is 0.536. The summed E-state index contributed by atoms with van der Waals surface area (Å²) in [6.45, 7) is 6.59. The molecule has 1 aliphatic heterocycles. The van der Waals surface area contributed by atoms with Gasteiger partial charge in [0.05, 0.1) is 5.41 Å². The first-order chi connectivity index (χ1) is 12.9. The van der Waals surface area contributed by atoms with E-state index in [1.165, 1.54) is 12.1 Å². The summed E-state index contributed by atoms with van der Waals surface area (Å²) in [4.78, 5) is 29.5. The van der Waals surface area contributed by atoms with Crippen molar-refractivity contribution in [2.24, 2.45) is 5.92 Å². The highest BCUT2D eigenvalue weighted by Gasteiger charge is 2.45. The zero-order valence-corrected chi connectivity index (χ0v) is 16.5. The Bertz CT molecular complexity index is 675. The lowest BCUT2D eigenvalue weighted by molar-refractivity contribution is -0.143. The van der Waals surface area contributed by atoms with E-state index < -0.39 is 5.41 Å². The van der Waals surface area contributed by atoms with Gasteiger partial charge in [0, 0.05) is 32.6 Å². The standard InChI is InChI=1S/C22H31FN2O2/c1-17(2)8-9-20(26)24-12-14-25(15-13-24)21(27)22(10-3-4-11-22)18-6-5-7-19(23)16-18/h5-7,16-17H,3-4,8-15H2,1-2H3. The van der Waals surface area contributed by atoms with Gasteiger partial charge in [0.1, 0.15) is 5.82 Å². The van der Waals surface area contributed by atoms with Crippen molar-refractivity contribution >= 4 is 11.8 Å². The van der Waals surface area contributed by atoms with Crippen LogP contribution in [0, 0.1) is 11.7 Å². The summed E-state index contributed by atoms with van der Waals surface area (Å²) in [5.41, 5.74) is 0.215. The maximum Gasteiger partial charge on any atom is 0.233 e. The van der Waals surface area contributed by atoms with Crippen LogP contribution < -0.4 is 0 Å². The molecule has 2 aliphatic rings. The molecular formula is C22H31FN2O2. The third kappa shape index (κ3) is 4.33. The van der Waals surface area contributed by atoms with E-state index in [0.29, 0.717) is 38.5 Å². The Morgan fingerprint density at radius 2 is 1.70 bits per heavy atom. The fourth-order valence-electron chi connectivity index (χ4n) is 4.42. The predicted octanol–water partition coefficient (Wildman–Crippen LogP) is 3.74. The average Bonchev–Trinajstić information content (AvgIpc) is 3.17. The van der Waals surface area contributed by atoms with Crippen LogP contribution in [0.2, 0.25) is 0 Å². The van der Waals surface area contributed by atoms with Gasteiger partial charge in [-0.25, -0.2) is 4.39 Å². The van der Waals surface area contributed by atoms with Crippen LogP contribution in [0.15, 0.2) is 24.3 Å². The SMILES string of the molecule is CC(C)CCC(=O)N1CCN(C(=O)C2(c3cccc(F)c3)CCCC2)CC1. The predicted molar refractivity (Wildman–Crippen MR) is 104 cm³/mol. The number of piperazine rings is 1. The maximum absolute atomic E-state index is 13.8. The van der Waals surface area contributed by atoms with Crippen molar-refractivity contribution in [2.75, 3.05) is 26.2 Å². The molecule has 1 aromatic rings. The Hall–Kier alpha value is -1.91. The fraction of sp³-hybridized carbons (Fsp3) is 0.636. The molecule has 0 spiro atoms. The molecule has 2 fully saturated rings. The highest BCUT2D eigenvalue weighted by molar-refractivity contribution is 5.89. The molecule has 1 saturated heterocycles. The Morgan fingerprint density at radius 1 is 1.07 bits per heavy atom. The van der Waals surface area contributed by atoms with Crippen molar-refractivity contribution in [1.82, 2.24) is 9.80 Å². The zero-order chi connectivity index (χ0) is 19.4. The number of amides is 2. The molecule has 1 aromatic carbocycles. The molecule has 3 rings (SSSR count). The number of rotatable bonds is 5. The summed E-state index contributed by atoms with van der Waals surface area (Å²) in [7, 11) is 0. The maximum atomic E-state index is 13.8. The van der Waals surface area contributed by atoms with Crippen LogP contribution in [0.3, 0.4) is 0 Å². The number of nitrogens with zero attached hydrogens (tertiary/aromatic N) is 2. The van der Waals surface area contributed by atoms with Crippen LogP contribution >= 0.6 is 0 Å². The monoisotopic (exact) mass is 374 g/mol. The van der Waals surface area contributed by atoms with Crippen LogP contribution in [0.1, 0.15) is 57.9 Å². The van der Waals surface area contributed by atoms with Crippen molar-refractivity contribution in [2.45, 2.75) is 57.8 Å². The largest absolute Gasteiger partial charge is 0.339 e. The van der Waals surface area contributed by atoms with Gasteiger partial charge in [0.15, 0.2) is 0 Å². The smallest absolute Gasteiger partial charge is 0.233 e. The molecule has 0 unspecified atom stereocenters. The molecule has 1 saturated carbocycles. The molecule has 27 heavy (non-hydrogen) atoms. The van der Waals surface area contributed by atoms with Crippen molar-refractivity contribution < 1.29 is 14.0 Å². The second-order valence-corrected chi connectivity index (χ2v) is 8.41. The van der Waals surface area contributed by atoms with Crippen molar-refractivity contribution in [3.8, 4) is 0 Å². The van der Waals surface area contributed by atoms with Gasteiger partial charge in [-0.2, -0.15) is 0 Å². The van der Waals surface area contributed by atoms with E-state index in [9.17, 15) is 14.0 Å². The van der Waals surface area contributed by atoms with E-state index in [-0.39, 0.29) is 17.6 Å². The molecule has 0 radical (unpaired) electrons. The Morgan fingerprint density at radius 3 is 2.30 bits per heavy atom. The summed E-state index contributed by atoms with van der Waals surface area (Å²) in [6.07, 6.45) is 5.04. The van der Waals surface area contributed by atoms with Crippen LogP contribution in [-0.4, -0.2) is 47.8 Å². The number of carbonyl (C=O) groups excluding carboxylic acids is 2. The zero-order valence-electron chi connectivity index (χ0n) is 16.5. The number of carbonyl (C=O) groups is 2. The first-order valence-electron chi connectivity index (χ1n) is 10.3. The van der Waals surface area contributed by atoms with Gasteiger partial charge in [-0.15, -0.1) is 0 Å². The molecule has 0 bridgehead atoms. The molecule has 148 valence electrons. The van der Waals surface area contributed by atoms with E-state index in [0.717, 1.165) is 37.7 Å². The molecule has 0 N–H and O–H groups in total. The number of hydrogen-bond acceptors (Lipinski definition) is 2. The number of halogens is 1. The summed E-state index contributed by atoms with van der Waals surface area (Å²) in [6, 6.07) is 6.54. The third-order valence-corrected chi connectivity index (χ3v) is 6.10. The van der Waals surface area contributed by atoms with Gasteiger partial charge in [0.2, 0.25) is 11.8 Å². The minimum absolute atomic E-state index is 0.111. The van der Waals surface area contributed by atoms with Crippen molar-refractivity contribution in [3.05, 3.63) is 35.6 Å². The molecule has 5 heteroatoms. The highest BCUT2D eigenvalue weighted by atomic mass is 19.1. The van der Waals surface area contributed by atoms with Crippen molar-refractivity contribution in [1.29, 1.82) is 0 Å². The summed E-state index contributed by atoms with van der Waals surface area (Å²) >= 11 is 0. The van der Waals surface area contributed by atoms with E-state index >= 15 is 0 Å². The first kappa shape index (κ1) is 19.8. The molecule has 0 aromatic heterocycles. The molecule has 1 heterocycles. The summed E-state index contributed by atoms with van der Waals surface area (Å²) < 4.78 is 13.8. The second-order valence-electron chi connectivity index (χ2n) is 8.41. The Labute approximate surface area is 161 Å². The van der Waals surface area contributed by atoms with Crippen LogP contribution in [0.5, 0.6) is 0 Å². The lowest BCUT2D eigenvalue weighted by atomic mass is 9.77. The fourth-order valence-corrected chi connectivity index (χ4v) is 4.42. The van der Waals surface area contributed by atoms with Crippen LogP contribution in [-0.2, 0) is 15.0 Å². The lowest BCUT2D eigenvalue weighted by Crippen LogP contribution is -2.55. The molecular weight excluding hydrogens is 343 g/mol. The number of benzene rings is 1. The molecule has 2 amide bonds. The Balaban J connectivity index is 1.66. The Kier molecular flexibility index (Phi) is 6.18.